The molecule has 1 aromatic heterocycles. The van der Waals surface area contributed by atoms with E-state index in [9.17, 15) is 9.59 Å². The number of amides is 1. The molecule has 2 rings (SSSR count). The van der Waals surface area contributed by atoms with Gasteiger partial charge in [-0.05, 0) is 5.56 Å². The lowest BCUT2D eigenvalue weighted by Crippen LogP contribution is -2.44. The van der Waals surface area contributed by atoms with Crippen molar-refractivity contribution in [2.75, 3.05) is 13.2 Å². The third-order valence-corrected chi connectivity index (χ3v) is 3.08. The highest BCUT2D eigenvalue weighted by Gasteiger charge is 2.22. The highest BCUT2D eigenvalue weighted by Crippen LogP contribution is 2.02. The molecule has 24 heavy (non-hydrogen) atoms. The van der Waals surface area contributed by atoms with E-state index in [1.807, 2.05) is 30.3 Å². The van der Waals surface area contributed by atoms with Crippen LogP contribution < -0.4 is 5.32 Å². The summed E-state index contributed by atoms with van der Waals surface area (Å²) in [5, 5.41) is 19.1. The van der Waals surface area contributed by atoms with Crippen LogP contribution in [0.2, 0.25) is 0 Å². The quantitative estimate of drug-likeness (QED) is 0.518. The molecule has 2 N–H and O–H groups in total. The molecule has 0 aliphatic rings. The maximum atomic E-state index is 12.1. The highest BCUT2D eigenvalue weighted by atomic mass is 16.5. The van der Waals surface area contributed by atoms with Crippen molar-refractivity contribution in [3.8, 4) is 0 Å². The molecule has 8 heteroatoms. The Balaban J connectivity index is 1.96. The van der Waals surface area contributed by atoms with Gasteiger partial charge >= 0.3 is 5.97 Å². The van der Waals surface area contributed by atoms with E-state index >= 15 is 0 Å². The first-order valence-electron chi connectivity index (χ1n) is 7.26. The number of nitrogens with one attached hydrogen (secondary N) is 1. The van der Waals surface area contributed by atoms with Crippen molar-refractivity contribution in [1.82, 2.24) is 20.3 Å². The molecule has 0 aliphatic heterocycles. The average molecular weight is 330 g/mol. The fourth-order valence-corrected chi connectivity index (χ4v) is 1.93. The van der Waals surface area contributed by atoms with Crippen molar-refractivity contribution >= 4 is 11.9 Å². The first kappa shape index (κ1) is 17.4. The van der Waals surface area contributed by atoms with Crippen LogP contribution in [0.15, 0.2) is 49.2 Å². The van der Waals surface area contributed by atoms with Gasteiger partial charge in [0.25, 0.3) is 5.91 Å². The van der Waals surface area contributed by atoms with Gasteiger partial charge in [-0.25, -0.2) is 9.48 Å². The summed E-state index contributed by atoms with van der Waals surface area (Å²) in [5.41, 5.74) is 1.05. The maximum Gasteiger partial charge on any atom is 0.328 e. The SMILES string of the molecule is C=CCOCC(NC(=O)c1cn(Cc2ccccc2)nn1)C(=O)O. The summed E-state index contributed by atoms with van der Waals surface area (Å²) in [6.07, 6.45) is 2.96. The molecule has 126 valence electrons. The Bertz CT molecular complexity index is 699. The molecule has 0 aliphatic carbocycles. The number of hydrogen-bond donors (Lipinski definition) is 2. The van der Waals surface area contributed by atoms with Gasteiger partial charge in [-0.15, -0.1) is 11.7 Å². The number of hydrogen-bond acceptors (Lipinski definition) is 5. The Morgan fingerprint density at radius 2 is 2.12 bits per heavy atom. The first-order valence-corrected chi connectivity index (χ1v) is 7.26. The van der Waals surface area contributed by atoms with E-state index in [4.69, 9.17) is 9.84 Å². The maximum absolute atomic E-state index is 12.1. The van der Waals surface area contributed by atoms with Crippen molar-refractivity contribution in [3.05, 3.63) is 60.4 Å². The van der Waals surface area contributed by atoms with Crippen molar-refractivity contribution in [1.29, 1.82) is 0 Å². The molecule has 0 saturated carbocycles. The van der Waals surface area contributed by atoms with Gasteiger partial charge in [-0.1, -0.05) is 41.6 Å². The predicted molar refractivity (Wildman–Crippen MR) is 85.5 cm³/mol. The van der Waals surface area contributed by atoms with Crippen LogP contribution in [0, 0.1) is 0 Å². The third kappa shape index (κ3) is 5.03. The highest BCUT2D eigenvalue weighted by molar-refractivity contribution is 5.94. The van der Waals surface area contributed by atoms with E-state index in [1.165, 1.54) is 17.0 Å². The second-order valence-corrected chi connectivity index (χ2v) is 4.98. The lowest BCUT2D eigenvalue weighted by molar-refractivity contribution is -0.140. The fraction of sp³-hybridized carbons (Fsp3) is 0.250. The van der Waals surface area contributed by atoms with Crippen LogP contribution in [0.1, 0.15) is 16.1 Å². The number of benzene rings is 1. The van der Waals surface area contributed by atoms with Crippen LogP contribution in [-0.2, 0) is 16.1 Å². The number of nitrogens with zero attached hydrogens (tertiary/aromatic N) is 3. The second-order valence-electron chi connectivity index (χ2n) is 4.98. The molecule has 0 fully saturated rings. The van der Waals surface area contributed by atoms with Crippen LogP contribution in [0.25, 0.3) is 0 Å². The van der Waals surface area contributed by atoms with E-state index in [2.05, 4.69) is 22.2 Å². The zero-order valence-corrected chi connectivity index (χ0v) is 13.0. The average Bonchev–Trinajstić information content (AvgIpc) is 3.03. The number of aromatic nitrogens is 3. The zero-order chi connectivity index (χ0) is 17.4. The summed E-state index contributed by atoms with van der Waals surface area (Å²) in [4.78, 5) is 23.2. The molecule has 2 aromatic rings. The molecule has 0 saturated heterocycles. The topological polar surface area (TPSA) is 106 Å². The number of rotatable bonds is 9. The number of carboxylic acids is 1. The molecule has 0 bridgehead atoms. The van der Waals surface area contributed by atoms with E-state index in [0.717, 1.165) is 5.56 Å². The fourth-order valence-electron chi connectivity index (χ4n) is 1.93. The van der Waals surface area contributed by atoms with Gasteiger partial charge in [0, 0.05) is 0 Å². The number of ether oxygens (including phenoxy) is 1. The Morgan fingerprint density at radius 3 is 2.79 bits per heavy atom. The molecule has 1 unspecified atom stereocenters. The van der Waals surface area contributed by atoms with E-state index in [1.54, 1.807) is 0 Å². The van der Waals surface area contributed by atoms with E-state index < -0.39 is 17.9 Å². The Kier molecular flexibility index (Phi) is 6.21. The van der Waals surface area contributed by atoms with Crippen LogP contribution in [0.4, 0.5) is 0 Å². The van der Waals surface area contributed by atoms with Crippen LogP contribution in [0.3, 0.4) is 0 Å². The summed E-state index contributed by atoms with van der Waals surface area (Å²) in [7, 11) is 0. The van der Waals surface area contributed by atoms with Gasteiger partial charge in [0.15, 0.2) is 11.7 Å². The first-order chi connectivity index (χ1) is 11.6. The molecule has 8 nitrogen and oxygen atoms in total. The van der Waals surface area contributed by atoms with Gasteiger partial charge in [0.2, 0.25) is 0 Å². The number of carbonyl (C=O) groups excluding carboxylic acids is 1. The van der Waals surface area contributed by atoms with Crippen LogP contribution >= 0.6 is 0 Å². The Hall–Kier alpha value is -3.00. The van der Waals surface area contributed by atoms with Crippen molar-refractivity contribution in [2.24, 2.45) is 0 Å². The zero-order valence-electron chi connectivity index (χ0n) is 13.0. The molecular formula is C16H18N4O4. The van der Waals surface area contributed by atoms with Gasteiger partial charge in [0.1, 0.15) is 0 Å². The van der Waals surface area contributed by atoms with Gasteiger partial charge < -0.3 is 15.2 Å². The number of carboxylic acid groups (broad SMARTS) is 1. The third-order valence-electron chi connectivity index (χ3n) is 3.08. The van der Waals surface area contributed by atoms with E-state index in [-0.39, 0.29) is 18.9 Å². The van der Waals surface area contributed by atoms with Gasteiger partial charge in [-0.2, -0.15) is 0 Å². The molecule has 1 aromatic carbocycles. The summed E-state index contributed by atoms with van der Waals surface area (Å²) >= 11 is 0. The van der Waals surface area contributed by atoms with Crippen LogP contribution in [-0.4, -0.2) is 51.2 Å². The van der Waals surface area contributed by atoms with Crippen molar-refractivity contribution in [2.45, 2.75) is 12.6 Å². The minimum atomic E-state index is -1.19. The lowest BCUT2D eigenvalue weighted by atomic mass is 10.2. The number of aliphatic carboxylic acids is 1. The van der Waals surface area contributed by atoms with Crippen molar-refractivity contribution in [3.63, 3.8) is 0 Å². The van der Waals surface area contributed by atoms with Gasteiger partial charge in [-0.3, -0.25) is 4.79 Å². The lowest BCUT2D eigenvalue weighted by Gasteiger charge is -2.13. The minimum absolute atomic E-state index is 0.0425. The smallest absolute Gasteiger partial charge is 0.328 e. The second kappa shape index (κ2) is 8.59. The molecule has 1 heterocycles. The van der Waals surface area contributed by atoms with Crippen molar-refractivity contribution < 1.29 is 19.4 Å². The normalized spacial score (nSPS) is 11.7. The summed E-state index contributed by atoms with van der Waals surface area (Å²) < 4.78 is 6.58. The molecular weight excluding hydrogens is 312 g/mol. The van der Waals surface area contributed by atoms with Crippen LogP contribution in [0.5, 0.6) is 0 Å². The standard InChI is InChI=1S/C16H18N4O4/c1-2-8-24-11-14(16(22)23)17-15(21)13-10-20(19-18-13)9-12-6-4-3-5-7-12/h2-7,10,14H,1,8-9,11H2,(H,17,21)(H,22,23). The molecule has 1 amide bonds. The Morgan fingerprint density at radius 1 is 1.38 bits per heavy atom. The molecule has 0 spiro atoms. The minimum Gasteiger partial charge on any atom is -0.480 e. The largest absolute Gasteiger partial charge is 0.480 e. The summed E-state index contributed by atoms with van der Waals surface area (Å²) in [5.74, 6) is -1.81. The van der Waals surface area contributed by atoms with E-state index in [0.29, 0.717) is 6.54 Å². The number of carbonyl (C=O) groups is 2. The monoisotopic (exact) mass is 330 g/mol. The van der Waals surface area contributed by atoms with Gasteiger partial charge in [0.05, 0.1) is 26.0 Å². The molecule has 0 radical (unpaired) electrons. The molecule has 1 atom stereocenters. The predicted octanol–water partition coefficient (Wildman–Crippen LogP) is 0.712. The summed E-state index contributed by atoms with van der Waals surface area (Å²) in [6, 6.07) is 8.40. The Labute approximate surface area is 138 Å². The summed E-state index contributed by atoms with van der Waals surface area (Å²) in [6.45, 7) is 3.97.